The molecule has 4 nitrogen and oxygen atoms in total. The number of carbonyl (C=O) groups excluding carboxylic acids is 1. The number of halogens is 1. The topological polar surface area (TPSA) is 66.4 Å². The van der Waals surface area contributed by atoms with Crippen molar-refractivity contribution in [2.45, 2.75) is 19.3 Å². The number of fused-ring (bicyclic) bond motifs is 5. The van der Waals surface area contributed by atoms with Crippen molar-refractivity contribution in [2.75, 3.05) is 5.32 Å². The van der Waals surface area contributed by atoms with Crippen LogP contribution in [0.3, 0.4) is 0 Å². The number of nitrogens with one attached hydrogen (secondary N) is 1. The molecule has 1 amide bonds. The fourth-order valence-electron chi connectivity index (χ4n) is 4.74. The third-order valence-corrected chi connectivity index (χ3v) is 5.84. The second kappa shape index (κ2) is 4.47. The van der Waals surface area contributed by atoms with Gasteiger partial charge in [0.15, 0.2) is 0 Å². The van der Waals surface area contributed by atoms with Gasteiger partial charge < -0.3 is 10.4 Å². The van der Waals surface area contributed by atoms with E-state index in [-0.39, 0.29) is 22.4 Å². The summed E-state index contributed by atoms with van der Waals surface area (Å²) in [5.41, 5.74) is 0.276. The Morgan fingerprint density at radius 2 is 1.86 bits per heavy atom. The number of rotatable bonds is 3. The molecular weight excluding hydrogens is 290 g/mol. The fourth-order valence-corrected chi connectivity index (χ4v) is 4.99. The Bertz CT molecular complexity index is 628. The summed E-state index contributed by atoms with van der Waals surface area (Å²) in [6.07, 6.45) is 3.80. The molecule has 5 heteroatoms. The maximum atomic E-state index is 12.4. The van der Waals surface area contributed by atoms with Crippen LogP contribution in [-0.2, 0) is 4.79 Å². The van der Waals surface area contributed by atoms with E-state index in [2.05, 4.69) is 5.32 Å². The summed E-state index contributed by atoms with van der Waals surface area (Å²) in [4.78, 5) is 23.7. The summed E-state index contributed by atoms with van der Waals surface area (Å²) in [6.45, 7) is 0. The molecule has 0 aliphatic heterocycles. The van der Waals surface area contributed by atoms with Crippen LogP contribution in [-0.4, -0.2) is 17.0 Å². The van der Waals surface area contributed by atoms with Gasteiger partial charge in [-0.1, -0.05) is 17.7 Å². The molecule has 2 N–H and O–H groups in total. The van der Waals surface area contributed by atoms with Crippen LogP contribution in [0.4, 0.5) is 5.69 Å². The van der Waals surface area contributed by atoms with Crippen LogP contribution in [0.15, 0.2) is 18.2 Å². The molecule has 3 saturated carbocycles. The molecule has 0 spiro atoms. The van der Waals surface area contributed by atoms with Gasteiger partial charge in [0.05, 0.1) is 10.7 Å². The van der Waals surface area contributed by atoms with Gasteiger partial charge in [-0.15, -0.1) is 0 Å². The smallest absolute Gasteiger partial charge is 0.339 e. The lowest BCUT2D eigenvalue weighted by Gasteiger charge is -2.12. The highest BCUT2D eigenvalue weighted by Gasteiger charge is 2.67. The molecule has 4 atom stereocenters. The number of hydrogen-bond donors (Lipinski definition) is 2. The quantitative estimate of drug-likeness (QED) is 0.900. The third kappa shape index (κ3) is 1.89. The van der Waals surface area contributed by atoms with Gasteiger partial charge in [0, 0.05) is 5.92 Å². The molecule has 4 unspecified atom stereocenters. The van der Waals surface area contributed by atoms with E-state index in [1.807, 2.05) is 0 Å². The van der Waals surface area contributed by atoms with Crippen molar-refractivity contribution in [1.29, 1.82) is 0 Å². The van der Waals surface area contributed by atoms with Gasteiger partial charge in [0.1, 0.15) is 5.56 Å². The molecule has 0 heterocycles. The van der Waals surface area contributed by atoms with Crippen LogP contribution >= 0.6 is 11.6 Å². The minimum absolute atomic E-state index is 0.0266. The first-order valence-corrected chi connectivity index (χ1v) is 7.78. The standard InChI is InChI=1S/C16H16ClNO3/c17-9-2-1-3-10(13(9)16(20)21)18-15(19)14-11-7-4-5-8(6-7)12(11)14/h1-3,7-8,11-12,14H,4-6H2,(H,18,19)(H,20,21). The molecule has 0 saturated heterocycles. The first kappa shape index (κ1) is 13.1. The second-order valence-electron chi connectivity index (χ2n) is 6.47. The minimum atomic E-state index is -1.12. The zero-order chi connectivity index (χ0) is 14.7. The van der Waals surface area contributed by atoms with E-state index >= 15 is 0 Å². The highest BCUT2D eigenvalue weighted by atomic mass is 35.5. The number of carboxylic acid groups (broad SMARTS) is 1. The molecule has 2 bridgehead atoms. The molecule has 3 aliphatic carbocycles. The lowest BCUT2D eigenvalue weighted by atomic mass is 10.0. The van der Waals surface area contributed by atoms with E-state index in [1.54, 1.807) is 12.1 Å². The molecule has 3 fully saturated rings. The molecule has 0 radical (unpaired) electrons. The predicted octanol–water partition coefficient (Wildman–Crippen LogP) is 3.27. The summed E-state index contributed by atoms with van der Waals surface area (Å²) < 4.78 is 0. The zero-order valence-corrected chi connectivity index (χ0v) is 12.1. The number of anilines is 1. The lowest BCUT2D eigenvalue weighted by Crippen LogP contribution is -2.20. The predicted molar refractivity (Wildman–Crippen MR) is 78.3 cm³/mol. The third-order valence-electron chi connectivity index (χ3n) is 5.52. The van der Waals surface area contributed by atoms with Gasteiger partial charge in [-0.05, 0) is 55.1 Å². The van der Waals surface area contributed by atoms with Crippen molar-refractivity contribution in [2.24, 2.45) is 29.6 Å². The minimum Gasteiger partial charge on any atom is -0.478 e. The van der Waals surface area contributed by atoms with E-state index in [1.165, 1.54) is 25.3 Å². The normalized spacial score (nSPS) is 35.4. The summed E-state index contributed by atoms with van der Waals surface area (Å²) in [5.74, 6) is 1.44. The van der Waals surface area contributed by atoms with E-state index in [4.69, 9.17) is 11.6 Å². The molecule has 21 heavy (non-hydrogen) atoms. The number of hydrogen-bond acceptors (Lipinski definition) is 2. The van der Waals surface area contributed by atoms with E-state index in [9.17, 15) is 14.7 Å². The Balaban J connectivity index is 1.54. The molecular formula is C16H16ClNO3. The van der Waals surface area contributed by atoms with Gasteiger partial charge in [-0.2, -0.15) is 0 Å². The van der Waals surface area contributed by atoms with Gasteiger partial charge in [0.2, 0.25) is 5.91 Å². The van der Waals surface area contributed by atoms with Crippen molar-refractivity contribution in [3.63, 3.8) is 0 Å². The monoisotopic (exact) mass is 305 g/mol. The van der Waals surface area contributed by atoms with Crippen molar-refractivity contribution in [1.82, 2.24) is 0 Å². The summed E-state index contributed by atoms with van der Waals surface area (Å²) in [7, 11) is 0. The highest BCUT2D eigenvalue weighted by molar-refractivity contribution is 6.34. The highest BCUT2D eigenvalue weighted by Crippen LogP contribution is 2.69. The maximum Gasteiger partial charge on any atom is 0.339 e. The van der Waals surface area contributed by atoms with Gasteiger partial charge in [-0.3, -0.25) is 4.79 Å². The maximum absolute atomic E-state index is 12.4. The Morgan fingerprint density at radius 1 is 1.19 bits per heavy atom. The average molecular weight is 306 g/mol. The van der Waals surface area contributed by atoms with Crippen LogP contribution in [0, 0.1) is 29.6 Å². The average Bonchev–Trinajstić information content (AvgIpc) is 2.87. The second-order valence-corrected chi connectivity index (χ2v) is 6.88. The van der Waals surface area contributed by atoms with Gasteiger partial charge >= 0.3 is 5.97 Å². The van der Waals surface area contributed by atoms with E-state index in [0.717, 1.165) is 0 Å². The molecule has 1 aromatic carbocycles. The number of aromatic carboxylic acids is 1. The lowest BCUT2D eigenvalue weighted by molar-refractivity contribution is -0.118. The van der Waals surface area contributed by atoms with Crippen LogP contribution in [0.1, 0.15) is 29.6 Å². The SMILES string of the molecule is O=C(O)c1c(Cl)cccc1NC(=O)C1C2C3CCC(C3)C12. The van der Waals surface area contributed by atoms with E-state index in [0.29, 0.717) is 29.4 Å². The number of amides is 1. The molecule has 3 aliphatic rings. The first-order chi connectivity index (χ1) is 10.1. The Labute approximate surface area is 127 Å². The summed E-state index contributed by atoms with van der Waals surface area (Å²) >= 11 is 5.92. The Hall–Kier alpha value is -1.55. The van der Waals surface area contributed by atoms with Crippen LogP contribution < -0.4 is 5.32 Å². The number of carboxylic acids is 1. The van der Waals surface area contributed by atoms with Gasteiger partial charge in [0.25, 0.3) is 0 Å². The largest absolute Gasteiger partial charge is 0.478 e. The van der Waals surface area contributed by atoms with Crippen LogP contribution in [0.2, 0.25) is 5.02 Å². The first-order valence-electron chi connectivity index (χ1n) is 7.40. The van der Waals surface area contributed by atoms with E-state index < -0.39 is 5.97 Å². The summed E-state index contributed by atoms with van der Waals surface area (Å²) in [5, 5.41) is 12.2. The van der Waals surface area contributed by atoms with Crippen LogP contribution in [0.25, 0.3) is 0 Å². The Morgan fingerprint density at radius 3 is 2.48 bits per heavy atom. The van der Waals surface area contributed by atoms with Crippen molar-refractivity contribution < 1.29 is 14.7 Å². The molecule has 110 valence electrons. The molecule has 1 aromatic rings. The molecule has 4 rings (SSSR count). The number of benzene rings is 1. The summed E-state index contributed by atoms with van der Waals surface area (Å²) in [6, 6.07) is 4.77. The Kier molecular flexibility index (Phi) is 2.80. The van der Waals surface area contributed by atoms with Crippen molar-refractivity contribution >= 4 is 29.2 Å². The molecule has 0 aromatic heterocycles. The number of carbonyl (C=O) groups is 2. The van der Waals surface area contributed by atoms with Crippen molar-refractivity contribution in [3.05, 3.63) is 28.8 Å². The fraction of sp³-hybridized carbons (Fsp3) is 0.500. The zero-order valence-electron chi connectivity index (χ0n) is 11.4. The van der Waals surface area contributed by atoms with Gasteiger partial charge in [-0.25, -0.2) is 4.79 Å². The van der Waals surface area contributed by atoms with Crippen LogP contribution in [0.5, 0.6) is 0 Å². The van der Waals surface area contributed by atoms with Crippen molar-refractivity contribution in [3.8, 4) is 0 Å².